The number of anilines is 1. The molecule has 1 aliphatic heterocycles. The molecule has 0 spiro atoms. The normalized spacial score (nSPS) is 13.7. The second-order valence-electron chi connectivity index (χ2n) is 6.83. The Morgan fingerprint density at radius 1 is 1.08 bits per heavy atom. The topological polar surface area (TPSA) is 55.2 Å². The number of benzene rings is 2. The zero-order valence-electron chi connectivity index (χ0n) is 15.0. The van der Waals surface area contributed by atoms with Gasteiger partial charge >= 0.3 is 0 Å². The van der Waals surface area contributed by atoms with Gasteiger partial charge in [0.05, 0.1) is 11.1 Å². The van der Waals surface area contributed by atoms with Crippen molar-refractivity contribution in [2.75, 3.05) is 11.4 Å². The number of carbonyl (C=O) groups excluding carboxylic acids is 1. The lowest BCUT2D eigenvalue weighted by atomic mass is 9.98. The number of carbonyl (C=O) groups is 1. The van der Waals surface area contributed by atoms with Crippen LogP contribution >= 0.6 is 0 Å². The Bertz CT molecular complexity index is 1070. The van der Waals surface area contributed by atoms with E-state index in [9.17, 15) is 9.59 Å². The predicted molar refractivity (Wildman–Crippen MR) is 103 cm³/mol. The lowest BCUT2D eigenvalue weighted by molar-refractivity contribution is -0.119. The van der Waals surface area contributed by atoms with Crippen molar-refractivity contribution in [1.29, 1.82) is 0 Å². The minimum atomic E-state index is -0.221. The van der Waals surface area contributed by atoms with E-state index in [1.807, 2.05) is 49.1 Å². The second kappa shape index (κ2) is 6.41. The first-order valence-electron chi connectivity index (χ1n) is 8.91. The zero-order chi connectivity index (χ0) is 18.3. The Morgan fingerprint density at radius 2 is 1.85 bits per heavy atom. The third-order valence-corrected chi connectivity index (χ3v) is 5.06. The first-order chi connectivity index (χ1) is 12.6. The third kappa shape index (κ3) is 2.69. The summed E-state index contributed by atoms with van der Waals surface area (Å²) >= 11 is 0. The minimum Gasteiger partial charge on any atom is -0.310 e. The Labute approximate surface area is 151 Å². The largest absolute Gasteiger partial charge is 0.310 e. The summed E-state index contributed by atoms with van der Waals surface area (Å²) in [5.74, 6) is -0.0930. The number of fused-ring (bicyclic) bond motifs is 2. The Balaban J connectivity index is 1.72. The fraction of sp³-hybridized carbons (Fsp3) is 0.286. The van der Waals surface area contributed by atoms with Gasteiger partial charge in [0.1, 0.15) is 6.54 Å². The van der Waals surface area contributed by atoms with Crippen LogP contribution < -0.4 is 10.5 Å². The van der Waals surface area contributed by atoms with Crippen LogP contribution in [0.3, 0.4) is 0 Å². The van der Waals surface area contributed by atoms with E-state index in [1.165, 1.54) is 10.2 Å². The zero-order valence-corrected chi connectivity index (χ0v) is 15.0. The molecule has 0 fully saturated rings. The molecule has 2 aromatic carbocycles. The maximum absolute atomic E-state index is 13.0. The summed E-state index contributed by atoms with van der Waals surface area (Å²) in [7, 11) is 0. The van der Waals surface area contributed by atoms with Crippen LogP contribution in [0.5, 0.6) is 0 Å². The van der Waals surface area contributed by atoms with Crippen molar-refractivity contribution in [3.05, 3.63) is 69.6 Å². The van der Waals surface area contributed by atoms with Crippen LogP contribution in [0.4, 0.5) is 5.69 Å². The van der Waals surface area contributed by atoms with Gasteiger partial charge in [0.25, 0.3) is 5.56 Å². The molecule has 0 bridgehead atoms. The molecular formula is C21H21N3O2. The van der Waals surface area contributed by atoms with Gasteiger partial charge < -0.3 is 4.90 Å². The van der Waals surface area contributed by atoms with Gasteiger partial charge in [-0.3, -0.25) is 9.59 Å². The molecule has 26 heavy (non-hydrogen) atoms. The van der Waals surface area contributed by atoms with Crippen molar-refractivity contribution in [2.24, 2.45) is 0 Å². The average Bonchev–Trinajstić information content (AvgIpc) is 2.65. The quantitative estimate of drug-likeness (QED) is 0.716. The summed E-state index contributed by atoms with van der Waals surface area (Å²) in [6.45, 7) is 4.52. The van der Waals surface area contributed by atoms with E-state index < -0.39 is 0 Å². The SMILES string of the molecule is Cc1cccc2c1N(C(=O)Cn1nc(C)c3ccccc3c1=O)CCC2. The van der Waals surface area contributed by atoms with Crippen LogP contribution in [0.15, 0.2) is 47.3 Å². The lowest BCUT2D eigenvalue weighted by Gasteiger charge is -2.31. The van der Waals surface area contributed by atoms with Crippen molar-refractivity contribution in [3.63, 3.8) is 0 Å². The average molecular weight is 347 g/mol. The van der Waals surface area contributed by atoms with E-state index in [-0.39, 0.29) is 18.0 Å². The lowest BCUT2D eigenvalue weighted by Crippen LogP contribution is -2.40. The highest BCUT2D eigenvalue weighted by Crippen LogP contribution is 2.30. The van der Waals surface area contributed by atoms with Crippen molar-refractivity contribution in [1.82, 2.24) is 9.78 Å². The number of aryl methyl sites for hydroxylation is 3. The molecule has 0 aliphatic carbocycles. The first-order valence-corrected chi connectivity index (χ1v) is 8.91. The van der Waals surface area contributed by atoms with Crippen molar-refractivity contribution in [2.45, 2.75) is 33.2 Å². The molecule has 3 aromatic rings. The number of amides is 1. The smallest absolute Gasteiger partial charge is 0.275 e. The van der Waals surface area contributed by atoms with Crippen molar-refractivity contribution >= 4 is 22.4 Å². The van der Waals surface area contributed by atoms with Crippen molar-refractivity contribution < 1.29 is 4.79 Å². The standard InChI is InChI=1S/C21H21N3O2/c1-14-7-5-8-16-9-6-12-23(20(14)16)19(25)13-24-21(26)18-11-4-3-10-17(18)15(2)22-24/h3-5,7-8,10-11H,6,9,12-13H2,1-2H3. The minimum absolute atomic E-state index is 0.0434. The molecule has 0 radical (unpaired) electrons. The molecule has 0 saturated carbocycles. The first kappa shape index (κ1) is 16.5. The third-order valence-electron chi connectivity index (χ3n) is 5.06. The summed E-state index contributed by atoms with van der Waals surface area (Å²) in [5.41, 5.74) is 3.81. The number of aromatic nitrogens is 2. The van der Waals surface area contributed by atoms with Gasteiger partial charge in [0, 0.05) is 17.6 Å². The number of rotatable bonds is 2. The number of nitrogens with zero attached hydrogens (tertiary/aromatic N) is 3. The van der Waals surface area contributed by atoms with Crippen LogP contribution in [0.1, 0.15) is 23.2 Å². The van der Waals surface area contributed by atoms with Gasteiger partial charge in [-0.05, 0) is 43.9 Å². The van der Waals surface area contributed by atoms with Crippen molar-refractivity contribution in [3.8, 4) is 0 Å². The van der Waals surface area contributed by atoms with E-state index >= 15 is 0 Å². The van der Waals surface area contributed by atoms with E-state index in [4.69, 9.17) is 0 Å². The Kier molecular flexibility index (Phi) is 4.07. The van der Waals surface area contributed by atoms with Crippen LogP contribution in [-0.2, 0) is 17.8 Å². The molecule has 5 heteroatoms. The van der Waals surface area contributed by atoms with E-state index in [0.717, 1.165) is 35.2 Å². The maximum atomic E-state index is 13.0. The van der Waals surface area contributed by atoms with Gasteiger partial charge in [-0.2, -0.15) is 5.10 Å². The molecule has 1 aromatic heterocycles. The molecule has 1 aliphatic rings. The highest BCUT2D eigenvalue weighted by atomic mass is 16.2. The molecule has 0 unspecified atom stereocenters. The van der Waals surface area contributed by atoms with Gasteiger partial charge in [0.15, 0.2) is 0 Å². The molecule has 132 valence electrons. The number of hydrogen-bond acceptors (Lipinski definition) is 3. The highest BCUT2D eigenvalue weighted by Gasteiger charge is 2.25. The second-order valence-corrected chi connectivity index (χ2v) is 6.83. The van der Waals surface area contributed by atoms with Gasteiger partial charge in [-0.1, -0.05) is 36.4 Å². The molecule has 4 rings (SSSR count). The van der Waals surface area contributed by atoms with E-state index in [0.29, 0.717) is 11.9 Å². The van der Waals surface area contributed by atoms with Gasteiger partial charge in [-0.15, -0.1) is 0 Å². The maximum Gasteiger partial charge on any atom is 0.275 e. The molecule has 1 amide bonds. The van der Waals surface area contributed by atoms with Gasteiger partial charge in [0.2, 0.25) is 5.91 Å². The number of hydrogen-bond donors (Lipinski definition) is 0. The highest BCUT2D eigenvalue weighted by molar-refractivity contribution is 5.95. The monoisotopic (exact) mass is 347 g/mol. The number of para-hydroxylation sites is 1. The predicted octanol–water partition coefficient (Wildman–Crippen LogP) is 2.99. The molecule has 2 heterocycles. The van der Waals surface area contributed by atoms with Crippen LogP contribution in [0.25, 0.3) is 10.8 Å². The molecule has 0 N–H and O–H groups in total. The van der Waals surface area contributed by atoms with Crippen LogP contribution in [-0.4, -0.2) is 22.2 Å². The van der Waals surface area contributed by atoms with Gasteiger partial charge in [-0.25, -0.2) is 4.68 Å². The Hall–Kier alpha value is -2.95. The van der Waals surface area contributed by atoms with Crippen LogP contribution in [0, 0.1) is 13.8 Å². The summed E-state index contributed by atoms with van der Waals surface area (Å²) < 4.78 is 1.30. The Morgan fingerprint density at radius 3 is 2.65 bits per heavy atom. The fourth-order valence-electron chi connectivity index (χ4n) is 3.82. The summed E-state index contributed by atoms with van der Waals surface area (Å²) in [4.78, 5) is 27.6. The summed E-state index contributed by atoms with van der Waals surface area (Å²) in [6.07, 6.45) is 1.91. The molecule has 0 saturated heterocycles. The molecule has 5 nitrogen and oxygen atoms in total. The fourth-order valence-corrected chi connectivity index (χ4v) is 3.82. The molecular weight excluding hydrogens is 326 g/mol. The summed E-state index contributed by atoms with van der Waals surface area (Å²) in [5, 5.41) is 5.80. The van der Waals surface area contributed by atoms with E-state index in [2.05, 4.69) is 11.2 Å². The van der Waals surface area contributed by atoms with E-state index in [1.54, 1.807) is 6.07 Å². The van der Waals surface area contributed by atoms with Crippen LogP contribution in [0.2, 0.25) is 0 Å². The summed E-state index contributed by atoms with van der Waals surface area (Å²) in [6, 6.07) is 13.5. The molecule has 0 atom stereocenters.